The molecule has 0 fully saturated rings. The van der Waals surface area contributed by atoms with Gasteiger partial charge in [-0.1, -0.05) is 34.1 Å². The van der Waals surface area contributed by atoms with Crippen LogP contribution in [0.25, 0.3) is 0 Å². The van der Waals surface area contributed by atoms with E-state index >= 15 is 0 Å². The van der Waals surface area contributed by atoms with Crippen molar-refractivity contribution < 1.29 is 13.2 Å². The predicted octanol–water partition coefficient (Wildman–Crippen LogP) is 2.95. The summed E-state index contributed by atoms with van der Waals surface area (Å²) >= 11 is 1.95. The van der Waals surface area contributed by atoms with Gasteiger partial charge in [-0.2, -0.15) is 13.2 Å². The summed E-state index contributed by atoms with van der Waals surface area (Å²) < 4.78 is 37.6. The van der Waals surface area contributed by atoms with E-state index in [1.807, 2.05) is 0 Å². The molecule has 0 aliphatic rings. The summed E-state index contributed by atoms with van der Waals surface area (Å²) in [4.78, 5) is 0. The average Bonchev–Trinajstić information content (AvgIpc) is 2.01. The molecule has 0 spiro atoms. The maximum atomic E-state index is 12.2. The Morgan fingerprint density at radius 3 is 2.31 bits per heavy atom. The first-order chi connectivity index (χ1) is 5.95. The second kappa shape index (κ2) is 4.38. The quantitative estimate of drug-likeness (QED) is 0.695. The molecule has 1 aromatic carbocycles. The molecule has 0 unspecified atom stereocenters. The highest BCUT2D eigenvalue weighted by Gasteiger charge is 2.32. The Hall–Kier alpha value is 0.546. The molecule has 68 valence electrons. The molecule has 0 heterocycles. The van der Waals surface area contributed by atoms with E-state index in [4.69, 9.17) is 9.07 Å². The summed E-state index contributed by atoms with van der Waals surface area (Å²) in [5, 5.41) is 0. The SMILES string of the molecule is FC(F)(F)c1cc[c]([Mg][Cl])cc1Br. The van der Waals surface area contributed by atoms with Gasteiger partial charge in [-0.15, -0.1) is 3.69 Å². The van der Waals surface area contributed by atoms with E-state index in [0.717, 1.165) is 9.76 Å². The molecule has 0 saturated carbocycles. The number of hydrogen-bond donors (Lipinski definition) is 0. The van der Waals surface area contributed by atoms with Crippen LogP contribution in [0.4, 0.5) is 13.2 Å². The zero-order valence-corrected chi connectivity index (χ0v) is 10.1. The Morgan fingerprint density at radius 2 is 1.92 bits per heavy atom. The fourth-order valence-corrected chi connectivity index (χ4v) is 2.81. The van der Waals surface area contributed by atoms with E-state index in [2.05, 4.69) is 15.9 Å². The molecule has 0 N–H and O–H groups in total. The van der Waals surface area contributed by atoms with Crippen molar-refractivity contribution >= 4 is 48.0 Å². The highest BCUT2D eigenvalue weighted by Crippen LogP contribution is 2.33. The van der Waals surface area contributed by atoms with Gasteiger partial charge in [-0.05, 0) is 0 Å². The normalized spacial score (nSPS) is 11.2. The molecule has 1 aromatic rings. The summed E-state index contributed by atoms with van der Waals surface area (Å²) in [5.74, 6) is 0. The van der Waals surface area contributed by atoms with E-state index in [1.165, 1.54) is 12.1 Å². The lowest BCUT2D eigenvalue weighted by Gasteiger charge is -2.09. The lowest BCUT2D eigenvalue weighted by molar-refractivity contribution is -0.138. The Kier molecular flexibility index (Phi) is 3.91. The molecule has 13 heavy (non-hydrogen) atoms. The number of alkyl halides is 3. The van der Waals surface area contributed by atoms with Gasteiger partial charge in [-0.3, -0.25) is 0 Å². The van der Waals surface area contributed by atoms with Gasteiger partial charge in [0, 0.05) is 4.47 Å². The van der Waals surface area contributed by atoms with Crippen molar-refractivity contribution in [1.82, 2.24) is 0 Å². The van der Waals surface area contributed by atoms with E-state index in [-0.39, 0.29) is 4.47 Å². The lowest BCUT2D eigenvalue weighted by atomic mass is 10.2. The monoisotopic (exact) mass is 282 g/mol. The summed E-state index contributed by atoms with van der Waals surface area (Å²) in [6, 6.07) is 3.91. The Balaban J connectivity index is 3.13. The molecule has 0 nitrogen and oxygen atoms in total. The molecular weight excluding hydrogens is 281 g/mol. The fourth-order valence-electron chi connectivity index (χ4n) is 0.872. The van der Waals surface area contributed by atoms with Gasteiger partial charge < -0.3 is 9.07 Å². The number of benzene rings is 1. The molecule has 0 aromatic heterocycles. The van der Waals surface area contributed by atoms with Crippen LogP contribution in [0.5, 0.6) is 0 Å². The molecule has 0 bridgehead atoms. The minimum absolute atomic E-state index is 0.0608. The van der Waals surface area contributed by atoms with Crippen molar-refractivity contribution in [2.45, 2.75) is 6.18 Å². The largest absolute Gasteiger partial charge is 0.538 e. The molecule has 1 rings (SSSR count). The third-order valence-electron chi connectivity index (χ3n) is 1.49. The minimum Gasteiger partial charge on any atom is -0.336 e. The summed E-state index contributed by atoms with van der Waals surface area (Å²) in [5.41, 5.74) is -0.657. The third kappa shape index (κ3) is 3.01. The molecule has 6 heteroatoms. The highest BCUT2D eigenvalue weighted by atomic mass is 79.9. The summed E-state index contributed by atoms with van der Waals surface area (Å²) in [6.07, 6.45) is -4.30. The molecule has 0 radical (unpaired) electrons. The van der Waals surface area contributed by atoms with Crippen molar-refractivity contribution in [2.75, 3.05) is 0 Å². The predicted molar refractivity (Wildman–Crippen MR) is 50.4 cm³/mol. The summed E-state index contributed by atoms with van der Waals surface area (Å²) in [7, 11) is 5.60. The first-order valence-electron chi connectivity index (χ1n) is 3.36. The van der Waals surface area contributed by atoms with Gasteiger partial charge in [0.15, 0.2) is 0 Å². The van der Waals surface area contributed by atoms with Crippen LogP contribution in [0.3, 0.4) is 0 Å². The number of rotatable bonds is 1. The van der Waals surface area contributed by atoms with E-state index in [0.29, 0.717) is 0 Å². The lowest BCUT2D eigenvalue weighted by Crippen LogP contribution is -2.13. The topological polar surface area (TPSA) is 0 Å². The second-order valence-electron chi connectivity index (χ2n) is 2.45. The van der Waals surface area contributed by atoms with Crippen molar-refractivity contribution in [1.29, 1.82) is 0 Å². The van der Waals surface area contributed by atoms with Gasteiger partial charge >= 0.3 is 25.4 Å². The molecule has 0 saturated heterocycles. The van der Waals surface area contributed by atoms with Crippen molar-refractivity contribution in [3.05, 3.63) is 28.2 Å². The van der Waals surface area contributed by atoms with Crippen molar-refractivity contribution in [3.63, 3.8) is 0 Å². The van der Waals surface area contributed by atoms with Crippen LogP contribution in [0, 0.1) is 0 Å². The van der Waals surface area contributed by atoms with Crippen LogP contribution < -0.4 is 3.69 Å². The van der Waals surface area contributed by atoms with Crippen LogP contribution in [-0.2, 0) is 6.18 Å². The van der Waals surface area contributed by atoms with Crippen molar-refractivity contribution in [3.8, 4) is 0 Å². The maximum absolute atomic E-state index is 12.2. The molecular formula is C7H3BrClF3Mg. The van der Waals surface area contributed by atoms with Gasteiger partial charge in [0.1, 0.15) is 0 Å². The first kappa shape index (κ1) is 11.6. The maximum Gasteiger partial charge on any atom is 0.538 e. The standard InChI is InChI=1S/C7H3BrF3.ClH.Mg/c8-6-4-2-1-3-5(6)7(9,10)11;;/h1,3-4H;1H;/q;;+1/p-1. The first-order valence-corrected chi connectivity index (χ1v) is 7.00. The van der Waals surface area contributed by atoms with Gasteiger partial charge in [0.05, 0.1) is 5.56 Å². The Morgan fingerprint density at radius 1 is 1.31 bits per heavy atom. The van der Waals surface area contributed by atoms with Crippen LogP contribution >= 0.6 is 25.0 Å². The van der Waals surface area contributed by atoms with Gasteiger partial charge in [-0.25, -0.2) is 0 Å². The zero-order chi connectivity index (χ0) is 10.1. The smallest absolute Gasteiger partial charge is 0.336 e. The molecule has 0 aliphatic carbocycles. The van der Waals surface area contributed by atoms with Crippen LogP contribution in [0.1, 0.15) is 5.56 Å². The van der Waals surface area contributed by atoms with E-state index in [1.54, 1.807) is 0 Å². The Bertz CT molecular complexity index is 313. The fraction of sp³-hybridized carbons (Fsp3) is 0.143. The molecule has 0 amide bonds. The van der Waals surface area contributed by atoms with Crippen LogP contribution in [0.2, 0.25) is 0 Å². The third-order valence-corrected chi connectivity index (χ3v) is 3.82. The average molecular weight is 284 g/mol. The van der Waals surface area contributed by atoms with Gasteiger partial charge in [0.25, 0.3) is 0 Å². The molecule has 0 aliphatic heterocycles. The van der Waals surface area contributed by atoms with Gasteiger partial charge in [0.2, 0.25) is 0 Å². The summed E-state index contributed by atoms with van der Waals surface area (Å²) in [6.45, 7) is 0. The van der Waals surface area contributed by atoms with Crippen molar-refractivity contribution in [2.24, 2.45) is 0 Å². The van der Waals surface area contributed by atoms with Crippen LogP contribution in [-0.4, -0.2) is 19.3 Å². The molecule has 0 atom stereocenters. The highest BCUT2D eigenvalue weighted by molar-refractivity contribution is 9.10. The van der Waals surface area contributed by atoms with E-state index in [9.17, 15) is 13.2 Å². The van der Waals surface area contributed by atoms with E-state index < -0.39 is 31.0 Å². The zero-order valence-electron chi connectivity index (χ0n) is 6.33. The van der Waals surface area contributed by atoms with Crippen LogP contribution in [0.15, 0.2) is 22.7 Å². The second-order valence-corrected chi connectivity index (χ2v) is 5.19. The minimum atomic E-state index is -4.30. The number of halogens is 5. The Labute approximate surface area is 95.1 Å². The number of hydrogen-bond acceptors (Lipinski definition) is 0.